The summed E-state index contributed by atoms with van der Waals surface area (Å²) < 4.78 is 6.90. The van der Waals surface area contributed by atoms with E-state index in [1.54, 1.807) is 23.0 Å². The molecule has 4 rings (SSSR count). The zero-order valence-corrected chi connectivity index (χ0v) is 19.0. The zero-order valence-electron chi connectivity index (χ0n) is 17.4. The number of rotatable bonds is 6. The predicted octanol–water partition coefficient (Wildman–Crippen LogP) is 3.95. The maximum Gasteiger partial charge on any atom is 0.267 e. The van der Waals surface area contributed by atoms with Gasteiger partial charge in [0, 0.05) is 11.4 Å². The minimum Gasteiger partial charge on any atom is -0.497 e. The summed E-state index contributed by atoms with van der Waals surface area (Å²) in [5.41, 5.74) is 1.82. The van der Waals surface area contributed by atoms with E-state index in [0.29, 0.717) is 11.7 Å². The normalized spacial score (nSPS) is 14.4. The molecule has 1 amide bonds. The fraction of sp³-hybridized carbons (Fsp3) is 0.409. The van der Waals surface area contributed by atoms with Gasteiger partial charge in [0.2, 0.25) is 5.91 Å². The Morgan fingerprint density at radius 3 is 2.73 bits per heavy atom. The Morgan fingerprint density at radius 2 is 2.03 bits per heavy atom. The third-order valence-corrected chi connectivity index (χ3v) is 7.53. The number of hydrogen-bond acceptors (Lipinski definition) is 6. The van der Waals surface area contributed by atoms with Gasteiger partial charge in [0.1, 0.15) is 10.6 Å². The number of hydrogen-bond donors (Lipinski definition) is 1. The number of aryl methyl sites for hydroxylation is 2. The molecule has 1 aliphatic carbocycles. The first-order valence-corrected chi connectivity index (χ1v) is 11.9. The number of fused-ring (bicyclic) bond motifs is 3. The van der Waals surface area contributed by atoms with Gasteiger partial charge in [-0.05, 0) is 69.4 Å². The summed E-state index contributed by atoms with van der Waals surface area (Å²) in [7, 11) is 1.61. The first-order chi connectivity index (χ1) is 14.5. The molecule has 0 spiro atoms. The van der Waals surface area contributed by atoms with Crippen molar-refractivity contribution < 1.29 is 9.53 Å². The van der Waals surface area contributed by atoms with Crippen LogP contribution in [0.25, 0.3) is 15.9 Å². The van der Waals surface area contributed by atoms with Gasteiger partial charge >= 0.3 is 0 Å². The lowest BCUT2D eigenvalue weighted by atomic mass is 9.97. The highest BCUT2D eigenvalue weighted by Gasteiger charge is 2.25. The smallest absolute Gasteiger partial charge is 0.267 e. The molecule has 1 aliphatic rings. The second-order valence-corrected chi connectivity index (χ2v) is 9.67. The molecule has 0 fully saturated rings. The van der Waals surface area contributed by atoms with E-state index in [0.717, 1.165) is 52.9 Å². The molecule has 1 N–H and O–H groups in total. The third-order valence-electron chi connectivity index (χ3n) is 5.29. The third kappa shape index (κ3) is 3.86. The monoisotopic (exact) mass is 443 g/mol. The summed E-state index contributed by atoms with van der Waals surface area (Å²) in [4.78, 5) is 33.0. The summed E-state index contributed by atoms with van der Waals surface area (Å²) in [5, 5.41) is 3.75. The molecule has 2 aromatic heterocycles. The average molecular weight is 444 g/mol. The number of thioether (sulfide) groups is 1. The quantitative estimate of drug-likeness (QED) is 0.461. The van der Waals surface area contributed by atoms with Crippen LogP contribution in [0.2, 0.25) is 0 Å². The summed E-state index contributed by atoms with van der Waals surface area (Å²) in [6.45, 7) is 4.30. The van der Waals surface area contributed by atoms with Crippen LogP contribution < -0.4 is 15.6 Å². The van der Waals surface area contributed by atoms with Crippen molar-refractivity contribution in [3.8, 4) is 11.4 Å². The van der Waals surface area contributed by atoms with Crippen molar-refractivity contribution in [1.82, 2.24) is 14.9 Å². The molecular formula is C22H25N3O3S2. The van der Waals surface area contributed by atoms with E-state index >= 15 is 0 Å². The molecule has 0 saturated heterocycles. The Balaban J connectivity index is 1.89. The van der Waals surface area contributed by atoms with Gasteiger partial charge in [-0.15, -0.1) is 11.3 Å². The standard InChI is InChI=1S/C22H25N3O3S2/c1-4-23-19(26)13(2)29-22-24-20-18(16-7-5-6-8-17(16)30-20)21(27)25(22)14-9-11-15(28-3)12-10-14/h9-13H,4-8H2,1-3H3,(H,23,26). The van der Waals surface area contributed by atoms with Crippen molar-refractivity contribution in [3.05, 3.63) is 45.1 Å². The average Bonchev–Trinajstić information content (AvgIpc) is 3.13. The number of nitrogens with one attached hydrogen (secondary N) is 1. The number of nitrogens with zero attached hydrogens (tertiary/aromatic N) is 2. The summed E-state index contributed by atoms with van der Waals surface area (Å²) in [5.74, 6) is 0.655. The second-order valence-electron chi connectivity index (χ2n) is 7.28. The molecule has 0 bridgehead atoms. The van der Waals surface area contributed by atoms with Gasteiger partial charge in [0.25, 0.3) is 5.56 Å². The molecule has 0 radical (unpaired) electrons. The van der Waals surface area contributed by atoms with Gasteiger partial charge in [-0.3, -0.25) is 14.2 Å². The second kappa shape index (κ2) is 8.81. The maximum absolute atomic E-state index is 13.7. The van der Waals surface area contributed by atoms with Crippen molar-refractivity contribution in [1.29, 1.82) is 0 Å². The van der Waals surface area contributed by atoms with Crippen molar-refractivity contribution in [2.75, 3.05) is 13.7 Å². The molecular weight excluding hydrogens is 418 g/mol. The molecule has 8 heteroatoms. The lowest BCUT2D eigenvalue weighted by Gasteiger charge is -2.16. The fourth-order valence-corrected chi connectivity index (χ4v) is 6.01. The number of methoxy groups -OCH3 is 1. The Bertz CT molecular complexity index is 1140. The summed E-state index contributed by atoms with van der Waals surface area (Å²) in [6, 6.07) is 7.37. The molecule has 3 aromatic rings. The van der Waals surface area contributed by atoms with Crippen LogP contribution in [0, 0.1) is 0 Å². The van der Waals surface area contributed by atoms with Crippen molar-refractivity contribution in [2.24, 2.45) is 0 Å². The fourth-order valence-electron chi connectivity index (χ4n) is 3.75. The van der Waals surface area contributed by atoms with Crippen molar-refractivity contribution >= 4 is 39.2 Å². The number of aromatic nitrogens is 2. The number of ether oxygens (including phenoxy) is 1. The highest BCUT2D eigenvalue weighted by atomic mass is 32.2. The Morgan fingerprint density at radius 1 is 1.30 bits per heavy atom. The van der Waals surface area contributed by atoms with Crippen LogP contribution in [0.4, 0.5) is 0 Å². The van der Waals surface area contributed by atoms with Crippen molar-refractivity contribution in [2.45, 2.75) is 49.9 Å². The Hall–Kier alpha value is -2.32. The van der Waals surface area contributed by atoms with E-state index in [4.69, 9.17) is 9.72 Å². The maximum atomic E-state index is 13.7. The number of amides is 1. The van der Waals surface area contributed by atoms with E-state index in [1.807, 2.05) is 38.1 Å². The predicted molar refractivity (Wildman–Crippen MR) is 122 cm³/mol. The molecule has 1 unspecified atom stereocenters. The first-order valence-electron chi connectivity index (χ1n) is 10.2. The van der Waals surface area contributed by atoms with E-state index in [-0.39, 0.29) is 16.7 Å². The van der Waals surface area contributed by atoms with E-state index in [1.165, 1.54) is 16.6 Å². The van der Waals surface area contributed by atoms with Crippen molar-refractivity contribution in [3.63, 3.8) is 0 Å². The number of benzene rings is 1. The Labute approximate surface area is 183 Å². The largest absolute Gasteiger partial charge is 0.497 e. The van der Waals surface area contributed by atoms with Crippen LogP contribution in [-0.2, 0) is 17.6 Å². The van der Waals surface area contributed by atoms with Crippen LogP contribution in [0.1, 0.15) is 37.1 Å². The minimum absolute atomic E-state index is 0.0600. The van der Waals surface area contributed by atoms with E-state index in [9.17, 15) is 9.59 Å². The lowest BCUT2D eigenvalue weighted by molar-refractivity contribution is -0.120. The van der Waals surface area contributed by atoms with Gasteiger partial charge in [-0.1, -0.05) is 11.8 Å². The number of thiophene rings is 1. The topological polar surface area (TPSA) is 73.2 Å². The minimum atomic E-state index is -0.367. The number of carbonyl (C=O) groups is 1. The highest BCUT2D eigenvalue weighted by Crippen LogP contribution is 2.36. The SMILES string of the molecule is CCNC(=O)C(C)Sc1nc2sc3c(c2c(=O)n1-c1ccc(OC)cc1)CCCC3. The summed E-state index contributed by atoms with van der Waals surface area (Å²) in [6.07, 6.45) is 4.20. The molecule has 0 aliphatic heterocycles. The van der Waals surface area contributed by atoms with Crippen LogP contribution in [0.5, 0.6) is 5.75 Å². The number of carbonyl (C=O) groups excluding carboxylic acids is 1. The molecule has 2 heterocycles. The van der Waals surface area contributed by atoms with Crippen LogP contribution in [0.3, 0.4) is 0 Å². The Kier molecular flexibility index (Phi) is 6.15. The molecule has 0 saturated carbocycles. The summed E-state index contributed by atoms with van der Waals surface area (Å²) >= 11 is 2.94. The van der Waals surface area contributed by atoms with Gasteiger partial charge in [-0.2, -0.15) is 0 Å². The van der Waals surface area contributed by atoms with E-state index in [2.05, 4.69) is 5.32 Å². The first kappa shape index (κ1) is 20.9. The van der Waals surface area contributed by atoms with Gasteiger partial charge in [0.05, 0.1) is 23.4 Å². The van der Waals surface area contributed by atoms with Gasteiger partial charge < -0.3 is 10.1 Å². The van der Waals surface area contributed by atoms with E-state index < -0.39 is 0 Å². The molecule has 158 valence electrons. The van der Waals surface area contributed by atoms with Crippen LogP contribution >= 0.6 is 23.1 Å². The van der Waals surface area contributed by atoms with Gasteiger partial charge in [0.15, 0.2) is 5.16 Å². The van der Waals surface area contributed by atoms with Crippen LogP contribution in [-0.4, -0.2) is 34.4 Å². The molecule has 6 nitrogen and oxygen atoms in total. The molecule has 30 heavy (non-hydrogen) atoms. The molecule has 1 aromatic carbocycles. The zero-order chi connectivity index (χ0) is 21.3. The highest BCUT2D eigenvalue weighted by molar-refractivity contribution is 8.00. The van der Waals surface area contributed by atoms with Gasteiger partial charge in [-0.25, -0.2) is 4.98 Å². The molecule has 1 atom stereocenters. The van der Waals surface area contributed by atoms with Crippen LogP contribution in [0.15, 0.2) is 34.2 Å². The lowest BCUT2D eigenvalue weighted by Crippen LogP contribution is -2.31.